The smallest absolute Gasteiger partial charge is 0.243 e. The Kier molecular flexibility index (Phi) is 5.35. The largest absolute Gasteiger partial charge is 0.284 e. The number of rotatable bonds is 6. The molecule has 0 saturated heterocycles. The molecule has 1 aromatic rings. The summed E-state index contributed by atoms with van der Waals surface area (Å²) in [5.41, 5.74) is -0.0362. The molecule has 1 aromatic carbocycles. The van der Waals surface area contributed by atoms with Crippen molar-refractivity contribution in [2.24, 2.45) is 5.92 Å². The molecular formula is C12H19FN2O4S2. The molecule has 0 heterocycles. The van der Waals surface area contributed by atoms with Crippen molar-refractivity contribution in [3.8, 4) is 0 Å². The Hall–Kier alpha value is -1.19. The van der Waals surface area contributed by atoms with Gasteiger partial charge in [-0.25, -0.2) is 25.9 Å². The van der Waals surface area contributed by atoms with Gasteiger partial charge in [0.2, 0.25) is 20.0 Å². The van der Waals surface area contributed by atoms with E-state index in [1.165, 1.54) is 6.07 Å². The zero-order chi connectivity index (χ0) is 16.4. The molecule has 0 fully saturated rings. The summed E-state index contributed by atoms with van der Waals surface area (Å²) in [4.78, 5) is -0.519. The molecule has 1 atom stereocenters. The van der Waals surface area contributed by atoms with Crippen LogP contribution in [-0.2, 0) is 20.0 Å². The molecule has 0 spiro atoms. The van der Waals surface area contributed by atoms with Gasteiger partial charge in [-0.05, 0) is 31.0 Å². The van der Waals surface area contributed by atoms with Crippen molar-refractivity contribution in [1.29, 1.82) is 0 Å². The van der Waals surface area contributed by atoms with E-state index in [4.69, 9.17) is 0 Å². The van der Waals surface area contributed by atoms with Crippen molar-refractivity contribution in [2.45, 2.75) is 31.7 Å². The minimum Gasteiger partial charge on any atom is -0.284 e. The topological polar surface area (TPSA) is 92.3 Å². The number of sulfonamides is 2. The molecule has 120 valence electrons. The van der Waals surface area contributed by atoms with Crippen molar-refractivity contribution in [3.05, 3.63) is 24.0 Å². The van der Waals surface area contributed by atoms with Gasteiger partial charge in [0.25, 0.3) is 0 Å². The van der Waals surface area contributed by atoms with E-state index in [-0.39, 0.29) is 17.6 Å². The SMILES string of the molecule is CC(C)C(C)NS(=O)(=O)c1ccc(NS(C)(=O)=O)cc1F. The van der Waals surface area contributed by atoms with E-state index in [1.807, 2.05) is 13.8 Å². The van der Waals surface area contributed by atoms with Crippen LogP contribution >= 0.6 is 0 Å². The van der Waals surface area contributed by atoms with Gasteiger partial charge >= 0.3 is 0 Å². The van der Waals surface area contributed by atoms with E-state index in [1.54, 1.807) is 6.92 Å². The molecule has 0 aliphatic rings. The van der Waals surface area contributed by atoms with E-state index in [0.29, 0.717) is 0 Å². The zero-order valence-electron chi connectivity index (χ0n) is 12.2. The van der Waals surface area contributed by atoms with Gasteiger partial charge in [-0.15, -0.1) is 0 Å². The van der Waals surface area contributed by atoms with Crippen LogP contribution in [-0.4, -0.2) is 29.1 Å². The quantitative estimate of drug-likeness (QED) is 0.822. The third-order valence-corrected chi connectivity index (χ3v) is 5.06. The molecule has 6 nitrogen and oxygen atoms in total. The van der Waals surface area contributed by atoms with Gasteiger partial charge < -0.3 is 0 Å². The second kappa shape index (κ2) is 6.29. The van der Waals surface area contributed by atoms with Gasteiger partial charge in [0.05, 0.1) is 11.9 Å². The maximum absolute atomic E-state index is 13.9. The summed E-state index contributed by atoms with van der Waals surface area (Å²) in [5.74, 6) is -0.971. The average molecular weight is 338 g/mol. The fraction of sp³-hybridized carbons (Fsp3) is 0.500. The van der Waals surface area contributed by atoms with Crippen LogP contribution in [0.15, 0.2) is 23.1 Å². The number of halogens is 1. The van der Waals surface area contributed by atoms with Crippen LogP contribution in [0.3, 0.4) is 0 Å². The second-order valence-electron chi connectivity index (χ2n) is 5.17. The summed E-state index contributed by atoms with van der Waals surface area (Å²) in [7, 11) is -7.55. The Morgan fingerprint density at radius 1 is 1.10 bits per heavy atom. The van der Waals surface area contributed by atoms with E-state index in [0.717, 1.165) is 18.4 Å². The molecule has 0 aromatic heterocycles. The standard InChI is InChI=1S/C12H19FN2O4S2/c1-8(2)9(3)14-21(18,19)12-6-5-10(7-11(12)13)15-20(4,16)17/h5-9,14-15H,1-4H3. The Morgan fingerprint density at radius 2 is 1.67 bits per heavy atom. The number of anilines is 1. The van der Waals surface area contributed by atoms with Crippen LogP contribution in [0.5, 0.6) is 0 Å². The lowest BCUT2D eigenvalue weighted by molar-refractivity contribution is 0.473. The van der Waals surface area contributed by atoms with E-state index in [9.17, 15) is 21.2 Å². The van der Waals surface area contributed by atoms with Gasteiger partial charge in [-0.3, -0.25) is 4.72 Å². The lowest BCUT2D eigenvalue weighted by atomic mass is 10.1. The van der Waals surface area contributed by atoms with Gasteiger partial charge in [-0.1, -0.05) is 13.8 Å². The predicted octanol–water partition coefficient (Wildman–Crippen LogP) is 1.52. The zero-order valence-corrected chi connectivity index (χ0v) is 13.8. The van der Waals surface area contributed by atoms with Crippen LogP contribution in [0, 0.1) is 11.7 Å². The molecule has 0 saturated carbocycles. The van der Waals surface area contributed by atoms with Gasteiger partial charge in [0, 0.05) is 6.04 Å². The van der Waals surface area contributed by atoms with Gasteiger partial charge in [0.1, 0.15) is 10.7 Å². The Labute approximate surface area is 124 Å². The van der Waals surface area contributed by atoms with E-state index >= 15 is 0 Å². The fourth-order valence-electron chi connectivity index (χ4n) is 1.44. The third kappa shape index (κ3) is 5.25. The number of benzene rings is 1. The molecule has 21 heavy (non-hydrogen) atoms. The molecule has 0 aliphatic heterocycles. The second-order valence-corrected chi connectivity index (χ2v) is 8.60. The van der Waals surface area contributed by atoms with Gasteiger partial charge in [0.15, 0.2) is 0 Å². The number of nitrogens with one attached hydrogen (secondary N) is 2. The van der Waals surface area contributed by atoms with Crippen molar-refractivity contribution in [2.75, 3.05) is 11.0 Å². The van der Waals surface area contributed by atoms with Crippen LogP contribution < -0.4 is 9.44 Å². The normalized spacial score (nSPS) is 14.2. The van der Waals surface area contributed by atoms with Crippen LogP contribution in [0.4, 0.5) is 10.1 Å². The van der Waals surface area contributed by atoms with Crippen LogP contribution in [0.1, 0.15) is 20.8 Å². The summed E-state index contributed by atoms with van der Waals surface area (Å²) in [5, 5.41) is 0. The molecule has 1 unspecified atom stereocenters. The first-order chi connectivity index (χ1) is 9.42. The van der Waals surface area contributed by atoms with Crippen molar-refractivity contribution in [1.82, 2.24) is 4.72 Å². The molecule has 1 rings (SSSR count). The highest BCUT2D eigenvalue weighted by Crippen LogP contribution is 2.20. The summed E-state index contributed by atoms with van der Waals surface area (Å²) in [6, 6.07) is 2.69. The molecule has 0 amide bonds. The van der Waals surface area contributed by atoms with E-state index in [2.05, 4.69) is 9.44 Å². The highest BCUT2D eigenvalue weighted by atomic mass is 32.2. The first kappa shape index (κ1) is 17.9. The number of hydrogen-bond acceptors (Lipinski definition) is 4. The molecule has 0 aliphatic carbocycles. The lowest BCUT2D eigenvalue weighted by Gasteiger charge is -2.18. The van der Waals surface area contributed by atoms with E-state index < -0.39 is 30.8 Å². The van der Waals surface area contributed by atoms with Crippen molar-refractivity contribution < 1.29 is 21.2 Å². The molecular weight excluding hydrogens is 319 g/mol. The Balaban J connectivity index is 3.10. The highest BCUT2D eigenvalue weighted by Gasteiger charge is 2.23. The molecule has 9 heteroatoms. The minimum absolute atomic E-state index is 0.0362. The summed E-state index contributed by atoms with van der Waals surface area (Å²) < 4.78 is 64.6. The Morgan fingerprint density at radius 3 is 2.10 bits per heavy atom. The summed E-state index contributed by atoms with van der Waals surface area (Å²) >= 11 is 0. The van der Waals surface area contributed by atoms with Crippen LogP contribution in [0.2, 0.25) is 0 Å². The highest BCUT2D eigenvalue weighted by molar-refractivity contribution is 7.92. The first-order valence-corrected chi connectivity index (χ1v) is 9.59. The molecule has 0 bridgehead atoms. The maximum Gasteiger partial charge on any atom is 0.243 e. The third-order valence-electron chi connectivity index (χ3n) is 2.87. The molecule has 2 N–H and O–H groups in total. The van der Waals surface area contributed by atoms with Crippen molar-refractivity contribution in [3.63, 3.8) is 0 Å². The monoisotopic (exact) mass is 338 g/mol. The number of hydrogen-bond donors (Lipinski definition) is 2. The van der Waals surface area contributed by atoms with Crippen LogP contribution in [0.25, 0.3) is 0 Å². The summed E-state index contributed by atoms with van der Waals surface area (Å²) in [6.07, 6.45) is 0.918. The maximum atomic E-state index is 13.9. The first-order valence-electron chi connectivity index (χ1n) is 6.22. The summed E-state index contributed by atoms with van der Waals surface area (Å²) in [6.45, 7) is 5.35. The lowest BCUT2D eigenvalue weighted by Crippen LogP contribution is -2.36. The average Bonchev–Trinajstić information content (AvgIpc) is 2.25. The van der Waals surface area contributed by atoms with Crippen molar-refractivity contribution >= 4 is 25.7 Å². The fourth-order valence-corrected chi connectivity index (χ4v) is 3.45. The Bertz CT molecular complexity index is 715. The minimum atomic E-state index is -4.00. The molecule has 0 radical (unpaired) electrons. The predicted molar refractivity (Wildman–Crippen MR) is 79.5 cm³/mol. The van der Waals surface area contributed by atoms with Gasteiger partial charge in [-0.2, -0.15) is 0 Å².